The number of hydrogen-bond acceptors (Lipinski definition) is 6. The summed E-state index contributed by atoms with van der Waals surface area (Å²) in [4.78, 5) is 8.40. The SMILES string of the molecule is Cc1ccnc(NCc2ncon2)c1C(N)=S. The fraction of sp³-hybridized carbons (Fsp3) is 0.200. The summed E-state index contributed by atoms with van der Waals surface area (Å²) in [6.45, 7) is 2.33. The molecule has 0 atom stereocenters. The maximum atomic E-state index is 5.67. The van der Waals surface area contributed by atoms with Crippen LogP contribution in [0.3, 0.4) is 0 Å². The van der Waals surface area contributed by atoms with Crippen LogP contribution in [0.2, 0.25) is 0 Å². The van der Waals surface area contributed by atoms with Gasteiger partial charge in [-0.15, -0.1) is 0 Å². The molecular formula is C10H11N5OS. The van der Waals surface area contributed by atoms with Gasteiger partial charge >= 0.3 is 0 Å². The van der Waals surface area contributed by atoms with Crippen LogP contribution in [0.15, 0.2) is 23.2 Å². The Hall–Kier alpha value is -2.02. The predicted molar refractivity (Wildman–Crippen MR) is 66.5 cm³/mol. The summed E-state index contributed by atoms with van der Waals surface area (Å²) in [5.74, 6) is 1.17. The molecule has 0 aliphatic rings. The second-order valence-electron chi connectivity index (χ2n) is 3.42. The third kappa shape index (κ3) is 2.56. The summed E-state index contributed by atoms with van der Waals surface area (Å²) in [5.41, 5.74) is 7.38. The van der Waals surface area contributed by atoms with E-state index in [0.717, 1.165) is 11.1 Å². The maximum absolute atomic E-state index is 5.67. The van der Waals surface area contributed by atoms with Crippen molar-refractivity contribution in [2.45, 2.75) is 13.5 Å². The molecule has 0 saturated heterocycles. The van der Waals surface area contributed by atoms with Crippen LogP contribution in [-0.4, -0.2) is 20.1 Å². The highest BCUT2D eigenvalue weighted by Crippen LogP contribution is 2.16. The maximum Gasteiger partial charge on any atom is 0.213 e. The smallest absolute Gasteiger partial charge is 0.213 e. The van der Waals surface area contributed by atoms with Gasteiger partial charge in [-0.3, -0.25) is 0 Å². The minimum absolute atomic E-state index is 0.311. The zero-order valence-electron chi connectivity index (χ0n) is 9.17. The molecule has 0 bridgehead atoms. The Bertz CT molecular complexity index is 525. The minimum atomic E-state index is 0.311. The lowest BCUT2D eigenvalue weighted by Gasteiger charge is -2.10. The second-order valence-corrected chi connectivity index (χ2v) is 3.86. The molecule has 0 aliphatic carbocycles. The van der Waals surface area contributed by atoms with Crippen molar-refractivity contribution in [3.05, 3.63) is 35.6 Å². The van der Waals surface area contributed by atoms with Crippen LogP contribution in [0, 0.1) is 6.92 Å². The van der Waals surface area contributed by atoms with Gasteiger partial charge in [0, 0.05) is 6.20 Å². The van der Waals surface area contributed by atoms with E-state index in [4.69, 9.17) is 18.0 Å². The van der Waals surface area contributed by atoms with E-state index in [2.05, 4.69) is 25.0 Å². The predicted octanol–water partition coefficient (Wildman–Crippen LogP) is 1.02. The van der Waals surface area contributed by atoms with Crippen molar-refractivity contribution in [2.24, 2.45) is 5.73 Å². The van der Waals surface area contributed by atoms with Gasteiger partial charge in [-0.25, -0.2) is 4.98 Å². The minimum Gasteiger partial charge on any atom is -0.389 e. The number of rotatable bonds is 4. The fourth-order valence-electron chi connectivity index (χ4n) is 1.44. The van der Waals surface area contributed by atoms with Gasteiger partial charge in [0.25, 0.3) is 0 Å². The largest absolute Gasteiger partial charge is 0.389 e. The van der Waals surface area contributed by atoms with E-state index in [9.17, 15) is 0 Å². The van der Waals surface area contributed by atoms with Crippen molar-refractivity contribution in [3.8, 4) is 0 Å². The van der Waals surface area contributed by atoms with Gasteiger partial charge in [0.05, 0.1) is 12.1 Å². The van der Waals surface area contributed by atoms with Crippen molar-refractivity contribution < 1.29 is 4.52 Å². The third-order valence-electron chi connectivity index (χ3n) is 2.23. The van der Waals surface area contributed by atoms with E-state index in [0.29, 0.717) is 23.2 Å². The molecule has 0 fully saturated rings. The van der Waals surface area contributed by atoms with Crippen molar-refractivity contribution >= 4 is 23.0 Å². The number of hydrogen-bond donors (Lipinski definition) is 2. The number of thiocarbonyl (C=S) groups is 1. The van der Waals surface area contributed by atoms with E-state index in [1.165, 1.54) is 6.39 Å². The van der Waals surface area contributed by atoms with Gasteiger partial charge in [-0.05, 0) is 18.6 Å². The number of aromatic nitrogens is 3. The van der Waals surface area contributed by atoms with Gasteiger partial charge < -0.3 is 15.6 Å². The Morgan fingerprint density at radius 1 is 1.53 bits per heavy atom. The first-order chi connectivity index (χ1) is 8.18. The zero-order valence-corrected chi connectivity index (χ0v) is 9.99. The first-order valence-electron chi connectivity index (χ1n) is 4.93. The van der Waals surface area contributed by atoms with Crippen LogP contribution >= 0.6 is 12.2 Å². The monoisotopic (exact) mass is 249 g/mol. The number of nitrogens with two attached hydrogens (primary N) is 1. The summed E-state index contributed by atoms with van der Waals surface area (Å²) in [6.07, 6.45) is 2.96. The molecule has 0 aromatic carbocycles. The molecule has 2 rings (SSSR count). The molecule has 2 aromatic rings. The van der Waals surface area contributed by atoms with Crippen molar-refractivity contribution in [1.29, 1.82) is 0 Å². The molecule has 17 heavy (non-hydrogen) atoms. The van der Waals surface area contributed by atoms with Crippen LogP contribution in [0.1, 0.15) is 17.0 Å². The normalized spacial score (nSPS) is 10.2. The topological polar surface area (TPSA) is 89.9 Å². The highest BCUT2D eigenvalue weighted by molar-refractivity contribution is 7.80. The molecule has 2 aromatic heterocycles. The average molecular weight is 249 g/mol. The van der Waals surface area contributed by atoms with E-state index < -0.39 is 0 Å². The van der Waals surface area contributed by atoms with Crippen LogP contribution in [0.4, 0.5) is 5.82 Å². The average Bonchev–Trinajstić information content (AvgIpc) is 2.78. The van der Waals surface area contributed by atoms with E-state index in [1.807, 2.05) is 13.0 Å². The lowest BCUT2D eigenvalue weighted by molar-refractivity contribution is 0.411. The second kappa shape index (κ2) is 4.88. The molecule has 7 heteroatoms. The van der Waals surface area contributed by atoms with Crippen molar-refractivity contribution in [3.63, 3.8) is 0 Å². The Balaban J connectivity index is 2.21. The molecule has 2 heterocycles. The molecule has 0 unspecified atom stereocenters. The van der Waals surface area contributed by atoms with Gasteiger partial charge in [0.2, 0.25) is 6.39 Å². The number of nitrogens with one attached hydrogen (secondary N) is 1. The lowest BCUT2D eigenvalue weighted by atomic mass is 10.1. The van der Waals surface area contributed by atoms with E-state index in [-0.39, 0.29) is 0 Å². The number of pyridine rings is 1. The molecule has 88 valence electrons. The quantitative estimate of drug-likeness (QED) is 0.782. The van der Waals surface area contributed by atoms with E-state index >= 15 is 0 Å². The molecule has 6 nitrogen and oxygen atoms in total. The summed E-state index contributed by atoms with van der Waals surface area (Å²) in [6, 6.07) is 1.86. The molecule has 0 saturated carbocycles. The zero-order chi connectivity index (χ0) is 12.3. The van der Waals surface area contributed by atoms with Gasteiger partial charge in [-0.1, -0.05) is 17.4 Å². The number of anilines is 1. The highest BCUT2D eigenvalue weighted by atomic mass is 32.1. The fourth-order valence-corrected chi connectivity index (χ4v) is 1.69. The van der Waals surface area contributed by atoms with E-state index in [1.54, 1.807) is 6.20 Å². The summed E-state index contributed by atoms with van der Waals surface area (Å²) in [7, 11) is 0. The van der Waals surface area contributed by atoms with Crippen LogP contribution < -0.4 is 11.1 Å². The van der Waals surface area contributed by atoms with Crippen LogP contribution in [0.25, 0.3) is 0 Å². The van der Waals surface area contributed by atoms with Gasteiger partial charge in [-0.2, -0.15) is 4.98 Å². The highest BCUT2D eigenvalue weighted by Gasteiger charge is 2.10. The first-order valence-corrected chi connectivity index (χ1v) is 5.34. The Labute approximate surface area is 103 Å². The van der Waals surface area contributed by atoms with Crippen molar-refractivity contribution in [2.75, 3.05) is 5.32 Å². The van der Waals surface area contributed by atoms with Gasteiger partial charge in [0.15, 0.2) is 5.82 Å². The van der Waals surface area contributed by atoms with Crippen LogP contribution in [-0.2, 0) is 6.54 Å². The molecular weight excluding hydrogens is 238 g/mol. The summed E-state index contributed by atoms with van der Waals surface area (Å²) in [5, 5.41) is 6.76. The van der Waals surface area contributed by atoms with Gasteiger partial charge in [0.1, 0.15) is 10.8 Å². The molecule has 0 amide bonds. The van der Waals surface area contributed by atoms with Crippen LogP contribution in [0.5, 0.6) is 0 Å². The first kappa shape index (κ1) is 11.5. The van der Waals surface area contributed by atoms with Crippen molar-refractivity contribution in [1.82, 2.24) is 15.1 Å². The Morgan fingerprint density at radius 2 is 2.35 bits per heavy atom. The standard InChI is InChI=1S/C10H11N5OS/c1-6-2-3-12-10(8(6)9(11)17)13-4-7-14-5-16-15-7/h2-3,5H,4H2,1H3,(H2,11,17)(H,12,13). The molecule has 0 aliphatic heterocycles. The number of aryl methyl sites for hydroxylation is 1. The lowest BCUT2D eigenvalue weighted by Crippen LogP contribution is -2.16. The third-order valence-corrected chi connectivity index (χ3v) is 2.43. The molecule has 0 radical (unpaired) electrons. The molecule has 0 spiro atoms. The Morgan fingerprint density at radius 3 is 3.00 bits per heavy atom. The summed E-state index contributed by atoms with van der Waals surface area (Å²) >= 11 is 5.00. The molecule has 3 N–H and O–H groups in total. The Kier molecular flexibility index (Phi) is 3.29. The number of nitrogens with zero attached hydrogens (tertiary/aromatic N) is 3. The summed E-state index contributed by atoms with van der Waals surface area (Å²) < 4.78 is 4.63.